The van der Waals surface area contributed by atoms with Crippen molar-refractivity contribution in [3.63, 3.8) is 0 Å². The van der Waals surface area contributed by atoms with Crippen LogP contribution in [0.15, 0.2) is 6.20 Å². The predicted octanol–water partition coefficient (Wildman–Crippen LogP) is 0.825. The molecular weight excluding hydrogens is 286 g/mol. The van der Waals surface area contributed by atoms with Gasteiger partial charge in [-0.05, 0) is 13.8 Å². The van der Waals surface area contributed by atoms with Crippen LogP contribution in [-0.4, -0.2) is 37.9 Å². The molecule has 1 aliphatic rings. The van der Waals surface area contributed by atoms with E-state index in [1.54, 1.807) is 13.8 Å². The van der Waals surface area contributed by atoms with Crippen LogP contribution < -0.4 is 4.72 Å². The average molecular weight is 301 g/mol. The van der Waals surface area contributed by atoms with Crippen LogP contribution in [0, 0.1) is 11.3 Å². The van der Waals surface area contributed by atoms with Gasteiger partial charge in [-0.25, -0.2) is 18.1 Å². The lowest BCUT2D eigenvalue weighted by molar-refractivity contribution is 0.189. The number of aromatic nitrogens is 1. The lowest BCUT2D eigenvalue weighted by atomic mass is 10.1. The first-order valence-electron chi connectivity index (χ1n) is 5.88. The van der Waals surface area contributed by atoms with Crippen LogP contribution in [0.4, 0.5) is 0 Å². The highest BCUT2D eigenvalue weighted by Gasteiger charge is 2.35. The summed E-state index contributed by atoms with van der Waals surface area (Å²) in [4.78, 5) is 4.70. The predicted molar refractivity (Wildman–Crippen MR) is 71.4 cm³/mol. The lowest BCUT2D eigenvalue weighted by Gasteiger charge is -2.18. The standard InChI is InChI=1S/C11H15N3O3S2/c1-7(2)19(15,16)14-10-6-17-5-9(10)11-13-4-8(3-12)18-11/h4,7,9-10,14H,5-6H2,1-2H3/t9-,10-/m1/s1. The maximum Gasteiger partial charge on any atom is 0.214 e. The van der Waals surface area contributed by atoms with Gasteiger partial charge in [0.1, 0.15) is 16.0 Å². The molecule has 0 unspecified atom stereocenters. The molecule has 2 atom stereocenters. The third-order valence-electron chi connectivity index (χ3n) is 2.97. The van der Waals surface area contributed by atoms with Gasteiger partial charge in [0.2, 0.25) is 10.0 Å². The van der Waals surface area contributed by atoms with Gasteiger partial charge in [-0.3, -0.25) is 0 Å². The number of hydrogen-bond donors (Lipinski definition) is 1. The zero-order chi connectivity index (χ0) is 14.0. The minimum absolute atomic E-state index is 0.124. The largest absolute Gasteiger partial charge is 0.379 e. The van der Waals surface area contributed by atoms with Crippen LogP contribution in [0.3, 0.4) is 0 Å². The summed E-state index contributed by atoms with van der Waals surface area (Å²) in [5.41, 5.74) is 0. The van der Waals surface area contributed by atoms with E-state index in [2.05, 4.69) is 9.71 Å². The summed E-state index contributed by atoms with van der Waals surface area (Å²) >= 11 is 1.28. The Labute approximate surface area is 116 Å². The molecule has 19 heavy (non-hydrogen) atoms. The molecule has 8 heteroatoms. The Balaban J connectivity index is 2.16. The van der Waals surface area contributed by atoms with Crippen molar-refractivity contribution in [2.75, 3.05) is 13.2 Å². The lowest BCUT2D eigenvalue weighted by Crippen LogP contribution is -2.42. The minimum Gasteiger partial charge on any atom is -0.379 e. The number of sulfonamides is 1. The quantitative estimate of drug-likeness (QED) is 0.889. The maximum absolute atomic E-state index is 11.9. The molecule has 1 N–H and O–H groups in total. The molecular formula is C11H15N3O3S2. The monoisotopic (exact) mass is 301 g/mol. The van der Waals surface area contributed by atoms with Gasteiger partial charge >= 0.3 is 0 Å². The number of nitrogens with one attached hydrogen (secondary N) is 1. The summed E-state index contributed by atoms with van der Waals surface area (Å²) in [6.45, 7) is 4.01. The second kappa shape index (κ2) is 5.54. The molecule has 0 amide bonds. The molecule has 0 saturated carbocycles. The van der Waals surface area contributed by atoms with Gasteiger partial charge < -0.3 is 4.74 Å². The highest BCUT2D eigenvalue weighted by Crippen LogP contribution is 2.29. The summed E-state index contributed by atoms with van der Waals surface area (Å²) < 4.78 is 31.8. The highest BCUT2D eigenvalue weighted by molar-refractivity contribution is 7.90. The van der Waals surface area contributed by atoms with E-state index in [0.29, 0.717) is 18.1 Å². The first-order chi connectivity index (χ1) is 8.94. The molecule has 1 fully saturated rings. The summed E-state index contributed by atoms with van der Waals surface area (Å²) in [7, 11) is -3.34. The number of hydrogen-bond acceptors (Lipinski definition) is 6. The number of thiazole rings is 1. The van der Waals surface area contributed by atoms with E-state index in [4.69, 9.17) is 10.00 Å². The van der Waals surface area contributed by atoms with Gasteiger partial charge in [-0.2, -0.15) is 5.26 Å². The second-order valence-electron chi connectivity index (χ2n) is 4.64. The molecule has 0 bridgehead atoms. The fourth-order valence-corrected chi connectivity index (χ4v) is 3.56. The number of ether oxygens (including phenoxy) is 1. The molecule has 2 rings (SSSR count). The van der Waals surface area contributed by atoms with E-state index in [1.165, 1.54) is 17.5 Å². The fourth-order valence-electron chi connectivity index (χ4n) is 1.77. The van der Waals surface area contributed by atoms with Crippen molar-refractivity contribution in [2.24, 2.45) is 0 Å². The van der Waals surface area contributed by atoms with E-state index >= 15 is 0 Å². The van der Waals surface area contributed by atoms with Crippen LogP contribution in [0.2, 0.25) is 0 Å². The number of nitrogens with zero attached hydrogens (tertiary/aromatic N) is 2. The van der Waals surface area contributed by atoms with Crippen molar-refractivity contribution >= 4 is 21.4 Å². The molecule has 6 nitrogen and oxygen atoms in total. The van der Waals surface area contributed by atoms with Gasteiger partial charge in [-0.1, -0.05) is 0 Å². The van der Waals surface area contributed by atoms with Crippen molar-refractivity contribution in [1.82, 2.24) is 9.71 Å². The van der Waals surface area contributed by atoms with E-state index in [1.807, 2.05) is 6.07 Å². The van der Waals surface area contributed by atoms with Crippen LogP contribution in [0.25, 0.3) is 0 Å². The first-order valence-corrected chi connectivity index (χ1v) is 8.25. The summed E-state index contributed by atoms with van der Waals surface area (Å²) in [5, 5.41) is 9.05. The van der Waals surface area contributed by atoms with E-state index in [-0.39, 0.29) is 12.0 Å². The Kier molecular flexibility index (Phi) is 4.20. The fraction of sp³-hybridized carbons (Fsp3) is 0.636. The van der Waals surface area contributed by atoms with Gasteiger partial charge in [0, 0.05) is 0 Å². The van der Waals surface area contributed by atoms with Gasteiger partial charge in [0.25, 0.3) is 0 Å². The molecule has 1 aromatic heterocycles. The second-order valence-corrected chi connectivity index (χ2v) is 7.97. The van der Waals surface area contributed by atoms with Crippen molar-refractivity contribution < 1.29 is 13.2 Å². The molecule has 104 valence electrons. The molecule has 1 aliphatic heterocycles. The first kappa shape index (κ1) is 14.4. The SMILES string of the molecule is CC(C)S(=O)(=O)N[C@@H]1COC[C@H]1c1ncc(C#N)s1. The van der Waals surface area contributed by atoms with Crippen molar-refractivity contribution in [3.8, 4) is 6.07 Å². The Morgan fingerprint density at radius 1 is 1.58 bits per heavy atom. The third-order valence-corrected chi connectivity index (χ3v) is 5.87. The van der Waals surface area contributed by atoms with Crippen LogP contribution in [-0.2, 0) is 14.8 Å². The van der Waals surface area contributed by atoms with E-state index in [9.17, 15) is 8.42 Å². The van der Waals surface area contributed by atoms with Gasteiger partial charge in [0.05, 0.1) is 36.6 Å². The zero-order valence-corrected chi connectivity index (χ0v) is 12.3. The Morgan fingerprint density at radius 3 is 2.89 bits per heavy atom. The summed E-state index contributed by atoms with van der Waals surface area (Å²) in [5.74, 6) is -0.124. The number of rotatable bonds is 4. The zero-order valence-electron chi connectivity index (χ0n) is 10.7. The Bertz CT molecular complexity index is 589. The summed E-state index contributed by atoms with van der Waals surface area (Å²) in [6, 6.07) is 1.71. The Morgan fingerprint density at radius 2 is 2.32 bits per heavy atom. The van der Waals surface area contributed by atoms with E-state index in [0.717, 1.165) is 5.01 Å². The molecule has 0 aliphatic carbocycles. The topological polar surface area (TPSA) is 92.1 Å². The Hall–Kier alpha value is -1.01. The smallest absolute Gasteiger partial charge is 0.214 e. The van der Waals surface area contributed by atoms with Crippen molar-refractivity contribution in [3.05, 3.63) is 16.1 Å². The van der Waals surface area contributed by atoms with Gasteiger partial charge in [0.15, 0.2) is 0 Å². The normalized spacial score (nSPS) is 23.7. The molecule has 1 saturated heterocycles. The maximum atomic E-state index is 11.9. The molecule has 0 spiro atoms. The van der Waals surface area contributed by atoms with Gasteiger partial charge in [-0.15, -0.1) is 11.3 Å². The minimum atomic E-state index is -3.34. The molecule has 2 heterocycles. The number of nitriles is 1. The van der Waals surface area contributed by atoms with Crippen LogP contribution >= 0.6 is 11.3 Å². The van der Waals surface area contributed by atoms with E-state index < -0.39 is 15.3 Å². The molecule has 0 aromatic carbocycles. The average Bonchev–Trinajstić information content (AvgIpc) is 2.95. The summed E-state index contributed by atoms with van der Waals surface area (Å²) in [6.07, 6.45) is 1.51. The molecule has 0 radical (unpaired) electrons. The van der Waals surface area contributed by atoms with Crippen molar-refractivity contribution in [2.45, 2.75) is 31.1 Å². The highest BCUT2D eigenvalue weighted by atomic mass is 32.2. The van der Waals surface area contributed by atoms with Crippen molar-refractivity contribution in [1.29, 1.82) is 5.26 Å². The van der Waals surface area contributed by atoms with Crippen LogP contribution in [0.5, 0.6) is 0 Å². The third kappa shape index (κ3) is 3.12. The van der Waals surface area contributed by atoms with Crippen LogP contribution in [0.1, 0.15) is 29.7 Å². The molecule has 1 aromatic rings.